The van der Waals surface area contributed by atoms with Crippen molar-refractivity contribution in [2.45, 2.75) is 32.2 Å². The number of hydrogen-bond acceptors (Lipinski definition) is 3. The van der Waals surface area contributed by atoms with Crippen molar-refractivity contribution in [1.29, 1.82) is 0 Å². The van der Waals surface area contributed by atoms with Crippen LogP contribution < -0.4 is 10.6 Å². The number of amides is 1. The van der Waals surface area contributed by atoms with Gasteiger partial charge in [0, 0.05) is 10.9 Å². The Morgan fingerprint density at radius 3 is 2.80 bits per heavy atom. The molecule has 1 saturated heterocycles. The van der Waals surface area contributed by atoms with E-state index in [0.717, 1.165) is 42.5 Å². The van der Waals surface area contributed by atoms with Crippen LogP contribution in [0.3, 0.4) is 0 Å². The van der Waals surface area contributed by atoms with Gasteiger partial charge in [-0.2, -0.15) is 0 Å². The molecule has 1 aromatic carbocycles. The number of furan rings is 1. The highest BCUT2D eigenvalue weighted by Gasteiger charge is 2.29. The lowest BCUT2D eigenvalue weighted by Crippen LogP contribution is -2.52. The summed E-state index contributed by atoms with van der Waals surface area (Å²) >= 11 is 0. The van der Waals surface area contributed by atoms with Gasteiger partial charge in [0.1, 0.15) is 5.58 Å². The summed E-state index contributed by atoms with van der Waals surface area (Å²) in [4.78, 5) is 12.3. The zero-order chi connectivity index (χ0) is 14.2. The summed E-state index contributed by atoms with van der Waals surface area (Å²) in [7, 11) is 0. The van der Waals surface area contributed by atoms with Crippen LogP contribution in [0.4, 0.5) is 0 Å². The van der Waals surface area contributed by atoms with Gasteiger partial charge in [0.05, 0.1) is 0 Å². The normalized spacial score (nSPS) is 18.1. The van der Waals surface area contributed by atoms with Gasteiger partial charge < -0.3 is 15.1 Å². The fraction of sp³-hybridized carbons (Fsp3) is 0.438. The largest absolute Gasteiger partial charge is 0.451 e. The minimum Gasteiger partial charge on any atom is -0.451 e. The number of rotatable bonds is 2. The van der Waals surface area contributed by atoms with E-state index in [1.54, 1.807) is 0 Å². The second-order valence-electron chi connectivity index (χ2n) is 5.92. The summed E-state index contributed by atoms with van der Waals surface area (Å²) in [6.07, 6.45) is 1.89. The minimum absolute atomic E-state index is 0.122. The highest BCUT2D eigenvalue weighted by atomic mass is 16.3. The molecule has 2 N–H and O–H groups in total. The molecule has 4 nitrogen and oxygen atoms in total. The Labute approximate surface area is 118 Å². The second kappa shape index (κ2) is 4.94. The number of carbonyl (C=O) groups is 1. The van der Waals surface area contributed by atoms with E-state index in [4.69, 9.17) is 4.42 Å². The number of carbonyl (C=O) groups excluding carboxylic acids is 1. The third-order valence-corrected chi connectivity index (χ3v) is 4.02. The quantitative estimate of drug-likeness (QED) is 0.883. The van der Waals surface area contributed by atoms with Crippen LogP contribution in [0.5, 0.6) is 0 Å². The van der Waals surface area contributed by atoms with Gasteiger partial charge in [-0.25, -0.2) is 0 Å². The predicted molar refractivity (Wildman–Crippen MR) is 78.9 cm³/mol. The summed E-state index contributed by atoms with van der Waals surface area (Å²) in [6.45, 7) is 6.01. The molecule has 1 aliphatic heterocycles. The Bertz CT molecular complexity index is 639. The fourth-order valence-electron chi connectivity index (χ4n) is 2.71. The van der Waals surface area contributed by atoms with Crippen LogP contribution in [-0.4, -0.2) is 24.5 Å². The highest BCUT2D eigenvalue weighted by molar-refractivity contribution is 5.96. The van der Waals surface area contributed by atoms with Crippen molar-refractivity contribution in [1.82, 2.24) is 10.6 Å². The molecule has 1 amide bonds. The third-order valence-electron chi connectivity index (χ3n) is 4.02. The van der Waals surface area contributed by atoms with Gasteiger partial charge in [-0.05, 0) is 58.0 Å². The first-order valence-electron chi connectivity index (χ1n) is 7.09. The summed E-state index contributed by atoms with van der Waals surface area (Å²) < 4.78 is 5.64. The molecule has 0 bridgehead atoms. The second-order valence-corrected chi connectivity index (χ2v) is 5.92. The molecular weight excluding hydrogens is 252 g/mol. The van der Waals surface area contributed by atoms with Crippen LogP contribution >= 0.6 is 0 Å². The topological polar surface area (TPSA) is 54.3 Å². The van der Waals surface area contributed by atoms with Crippen molar-refractivity contribution in [3.05, 3.63) is 35.6 Å². The molecule has 0 spiro atoms. The molecule has 0 saturated carbocycles. The van der Waals surface area contributed by atoms with Crippen LogP contribution in [0.1, 0.15) is 35.9 Å². The van der Waals surface area contributed by atoms with Gasteiger partial charge >= 0.3 is 0 Å². The van der Waals surface area contributed by atoms with Crippen molar-refractivity contribution >= 4 is 16.9 Å². The molecular formula is C16H20N2O2. The standard InChI is InChI=1S/C16H20N2O2/c1-11-3-4-13-12(9-11)10-14(20-13)15(19)18-16(2)5-7-17-8-6-16/h3-4,9-10,17H,5-8H2,1-2H3,(H,18,19). The maximum absolute atomic E-state index is 12.3. The van der Waals surface area contributed by atoms with Crippen LogP contribution in [0, 0.1) is 6.92 Å². The molecule has 106 valence electrons. The molecule has 1 aromatic heterocycles. The van der Waals surface area contributed by atoms with E-state index in [2.05, 4.69) is 17.6 Å². The first-order valence-corrected chi connectivity index (χ1v) is 7.09. The number of fused-ring (bicyclic) bond motifs is 1. The number of hydrogen-bond donors (Lipinski definition) is 2. The van der Waals surface area contributed by atoms with Gasteiger partial charge in [0.25, 0.3) is 5.91 Å². The Hall–Kier alpha value is -1.81. The van der Waals surface area contributed by atoms with Crippen molar-refractivity contribution in [2.75, 3.05) is 13.1 Å². The van der Waals surface area contributed by atoms with Crippen LogP contribution in [0.25, 0.3) is 11.0 Å². The van der Waals surface area contributed by atoms with Gasteiger partial charge in [0.15, 0.2) is 5.76 Å². The summed E-state index contributed by atoms with van der Waals surface area (Å²) in [5.74, 6) is 0.272. The van der Waals surface area contributed by atoms with Gasteiger partial charge in [-0.3, -0.25) is 4.79 Å². The molecule has 0 atom stereocenters. The number of aryl methyl sites for hydroxylation is 1. The Morgan fingerprint density at radius 1 is 1.30 bits per heavy atom. The molecule has 0 radical (unpaired) electrons. The summed E-state index contributed by atoms with van der Waals surface area (Å²) in [5.41, 5.74) is 1.78. The first kappa shape index (κ1) is 13.2. The maximum atomic E-state index is 12.3. The molecule has 2 heterocycles. The molecule has 1 aliphatic rings. The van der Waals surface area contributed by atoms with Crippen LogP contribution in [0.2, 0.25) is 0 Å². The average Bonchev–Trinajstić information content (AvgIpc) is 2.82. The molecule has 0 aliphatic carbocycles. The van der Waals surface area contributed by atoms with Gasteiger partial charge in [-0.15, -0.1) is 0 Å². The van der Waals surface area contributed by atoms with Gasteiger partial charge in [0.2, 0.25) is 0 Å². The Kier molecular flexibility index (Phi) is 3.26. The molecule has 4 heteroatoms. The molecule has 1 fully saturated rings. The van der Waals surface area contributed by atoms with E-state index < -0.39 is 0 Å². The predicted octanol–water partition coefficient (Wildman–Crippen LogP) is 2.61. The zero-order valence-electron chi connectivity index (χ0n) is 12.0. The lowest BCUT2D eigenvalue weighted by Gasteiger charge is -2.34. The highest BCUT2D eigenvalue weighted by Crippen LogP contribution is 2.22. The molecule has 3 rings (SSSR count). The lowest BCUT2D eigenvalue weighted by atomic mass is 9.90. The molecule has 2 aromatic rings. The fourth-order valence-corrected chi connectivity index (χ4v) is 2.71. The van der Waals surface area contributed by atoms with E-state index in [-0.39, 0.29) is 11.4 Å². The van der Waals surface area contributed by atoms with Crippen LogP contribution in [-0.2, 0) is 0 Å². The average molecular weight is 272 g/mol. The Morgan fingerprint density at radius 2 is 2.05 bits per heavy atom. The third kappa shape index (κ3) is 2.56. The maximum Gasteiger partial charge on any atom is 0.287 e. The number of nitrogens with one attached hydrogen (secondary N) is 2. The van der Waals surface area contributed by atoms with E-state index in [1.807, 2.05) is 31.2 Å². The smallest absolute Gasteiger partial charge is 0.287 e. The van der Waals surface area contributed by atoms with E-state index >= 15 is 0 Å². The SMILES string of the molecule is Cc1ccc2oc(C(=O)NC3(C)CCNCC3)cc2c1. The van der Waals surface area contributed by atoms with Crippen molar-refractivity contribution < 1.29 is 9.21 Å². The van der Waals surface area contributed by atoms with Crippen molar-refractivity contribution in [3.63, 3.8) is 0 Å². The van der Waals surface area contributed by atoms with E-state index in [0.29, 0.717) is 5.76 Å². The zero-order valence-corrected chi connectivity index (χ0v) is 12.0. The van der Waals surface area contributed by atoms with Gasteiger partial charge in [-0.1, -0.05) is 11.6 Å². The molecule has 20 heavy (non-hydrogen) atoms. The monoisotopic (exact) mass is 272 g/mol. The number of benzene rings is 1. The first-order chi connectivity index (χ1) is 9.56. The summed E-state index contributed by atoms with van der Waals surface area (Å²) in [6, 6.07) is 7.75. The van der Waals surface area contributed by atoms with E-state index in [1.165, 1.54) is 0 Å². The summed E-state index contributed by atoms with van der Waals surface area (Å²) in [5, 5.41) is 7.40. The molecule has 0 unspecified atom stereocenters. The van der Waals surface area contributed by atoms with Crippen molar-refractivity contribution in [2.24, 2.45) is 0 Å². The lowest BCUT2D eigenvalue weighted by molar-refractivity contribution is 0.0861. The minimum atomic E-state index is -0.142. The Balaban J connectivity index is 1.81. The van der Waals surface area contributed by atoms with Crippen molar-refractivity contribution in [3.8, 4) is 0 Å². The van der Waals surface area contributed by atoms with E-state index in [9.17, 15) is 4.79 Å². The number of piperidine rings is 1. The van der Waals surface area contributed by atoms with Crippen LogP contribution in [0.15, 0.2) is 28.7 Å².